The van der Waals surface area contributed by atoms with Gasteiger partial charge in [-0.15, -0.1) is 11.3 Å². The lowest BCUT2D eigenvalue weighted by molar-refractivity contribution is 0.0593. The largest absolute Gasteiger partial charge is 0.307 e. The van der Waals surface area contributed by atoms with E-state index < -0.39 is 0 Å². The molecule has 0 amide bonds. The fourth-order valence-corrected chi connectivity index (χ4v) is 3.93. The summed E-state index contributed by atoms with van der Waals surface area (Å²) in [6.45, 7) is 7.58. The number of benzene rings is 1. The number of nitrogens with zero attached hydrogens (tertiary/aromatic N) is 1. The van der Waals surface area contributed by atoms with E-state index in [0.29, 0.717) is 6.04 Å². The third kappa shape index (κ3) is 3.49. The van der Waals surface area contributed by atoms with Gasteiger partial charge in [0.1, 0.15) is 0 Å². The van der Waals surface area contributed by atoms with E-state index in [4.69, 9.17) is 11.6 Å². The third-order valence-corrected chi connectivity index (χ3v) is 5.43. The van der Waals surface area contributed by atoms with E-state index in [9.17, 15) is 0 Å². The lowest BCUT2D eigenvalue weighted by atomic mass is 9.94. The molecule has 2 heterocycles. The molecule has 112 valence electrons. The SMILES string of the molecule is CC1(C)CNC(c2ccccc2)CN1Cc1ccc(Cl)s1. The molecule has 1 unspecified atom stereocenters. The lowest BCUT2D eigenvalue weighted by Crippen LogP contribution is -2.58. The van der Waals surface area contributed by atoms with Crippen LogP contribution in [0, 0.1) is 0 Å². The normalized spacial score (nSPS) is 22.3. The lowest BCUT2D eigenvalue weighted by Gasteiger charge is -2.46. The number of hydrogen-bond donors (Lipinski definition) is 1. The molecule has 21 heavy (non-hydrogen) atoms. The Kier molecular flexibility index (Phi) is 4.36. The molecule has 0 spiro atoms. The molecule has 3 rings (SSSR count). The zero-order valence-electron chi connectivity index (χ0n) is 12.5. The molecule has 1 aromatic carbocycles. The quantitative estimate of drug-likeness (QED) is 0.905. The molecule has 1 N–H and O–H groups in total. The van der Waals surface area contributed by atoms with Gasteiger partial charge >= 0.3 is 0 Å². The second-order valence-electron chi connectivity index (χ2n) is 6.24. The van der Waals surface area contributed by atoms with E-state index in [2.05, 4.69) is 60.5 Å². The van der Waals surface area contributed by atoms with Crippen molar-refractivity contribution in [1.29, 1.82) is 0 Å². The summed E-state index contributed by atoms with van der Waals surface area (Å²) < 4.78 is 0.873. The molecule has 0 saturated carbocycles. The number of halogens is 1. The first kappa shape index (κ1) is 15.0. The highest BCUT2D eigenvalue weighted by Crippen LogP contribution is 2.30. The molecule has 1 aliphatic heterocycles. The molecule has 0 aliphatic carbocycles. The Labute approximate surface area is 135 Å². The zero-order chi connectivity index (χ0) is 14.9. The highest BCUT2D eigenvalue weighted by atomic mass is 35.5. The van der Waals surface area contributed by atoms with Crippen LogP contribution >= 0.6 is 22.9 Å². The van der Waals surface area contributed by atoms with Crippen LogP contribution in [-0.4, -0.2) is 23.5 Å². The van der Waals surface area contributed by atoms with E-state index >= 15 is 0 Å². The monoisotopic (exact) mass is 320 g/mol. The summed E-state index contributed by atoms with van der Waals surface area (Å²) in [5.41, 5.74) is 1.52. The molecule has 4 heteroatoms. The van der Waals surface area contributed by atoms with E-state index in [-0.39, 0.29) is 5.54 Å². The standard InChI is InChI=1S/C17H21ClN2S/c1-17(2)12-19-15(13-6-4-3-5-7-13)11-20(17)10-14-8-9-16(18)21-14/h3-9,15,19H,10-12H2,1-2H3. The minimum Gasteiger partial charge on any atom is -0.307 e. The maximum Gasteiger partial charge on any atom is 0.0931 e. The van der Waals surface area contributed by atoms with Crippen molar-refractivity contribution in [3.8, 4) is 0 Å². The minimum atomic E-state index is 0.155. The Balaban J connectivity index is 1.76. The summed E-state index contributed by atoms with van der Waals surface area (Å²) in [6.07, 6.45) is 0. The fourth-order valence-electron chi connectivity index (χ4n) is 2.83. The van der Waals surface area contributed by atoms with Crippen LogP contribution in [0.25, 0.3) is 0 Å². The van der Waals surface area contributed by atoms with Crippen molar-refractivity contribution in [2.24, 2.45) is 0 Å². The van der Waals surface area contributed by atoms with Crippen molar-refractivity contribution >= 4 is 22.9 Å². The number of nitrogens with one attached hydrogen (secondary N) is 1. The van der Waals surface area contributed by atoms with Crippen molar-refractivity contribution in [1.82, 2.24) is 10.2 Å². The summed E-state index contributed by atoms with van der Waals surface area (Å²) in [7, 11) is 0. The first-order valence-electron chi connectivity index (χ1n) is 7.32. The van der Waals surface area contributed by atoms with Crippen LogP contribution < -0.4 is 5.32 Å². The van der Waals surface area contributed by atoms with Crippen molar-refractivity contribution in [2.45, 2.75) is 32.0 Å². The highest BCUT2D eigenvalue weighted by molar-refractivity contribution is 7.16. The van der Waals surface area contributed by atoms with Gasteiger partial charge in [0.15, 0.2) is 0 Å². The van der Waals surface area contributed by atoms with Gasteiger partial charge in [0.25, 0.3) is 0 Å². The predicted octanol–water partition coefficient (Wildman–Crippen LogP) is 4.33. The van der Waals surface area contributed by atoms with Crippen LogP contribution in [0.3, 0.4) is 0 Å². The predicted molar refractivity (Wildman–Crippen MR) is 91.0 cm³/mol. The van der Waals surface area contributed by atoms with Gasteiger partial charge in [0.05, 0.1) is 4.34 Å². The van der Waals surface area contributed by atoms with Crippen LogP contribution in [0.5, 0.6) is 0 Å². The van der Waals surface area contributed by atoms with Gasteiger partial charge in [-0.2, -0.15) is 0 Å². The topological polar surface area (TPSA) is 15.3 Å². The summed E-state index contributed by atoms with van der Waals surface area (Å²) >= 11 is 7.74. The van der Waals surface area contributed by atoms with Gasteiger partial charge in [0.2, 0.25) is 0 Å². The summed E-state index contributed by atoms with van der Waals surface area (Å²) in [4.78, 5) is 3.89. The average Bonchev–Trinajstić information content (AvgIpc) is 2.87. The number of hydrogen-bond acceptors (Lipinski definition) is 3. The molecular weight excluding hydrogens is 300 g/mol. The molecule has 0 bridgehead atoms. The first-order chi connectivity index (χ1) is 10.0. The van der Waals surface area contributed by atoms with Gasteiger partial charge in [-0.3, -0.25) is 4.90 Å². The van der Waals surface area contributed by atoms with Crippen LogP contribution in [-0.2, 0) is 6.54 Å². The maximum absolute atomic E-state index is 6.06. The van der Waals surface area contributed by atoms with Crippen LogP contribution in [0.1, 0.15) is 30.3 Å². The Bertz CT molecular complexity index is 594. The van der Waals surface area contributed by atoms with Gasteiger partial charge in [0, 0.05) is 36.1 Å². The Morgan fingerprint density at radius 2 is 2.00 bits per heavy atom. The van der Waals surface area contributed by atoms with Crippen LogP contribution in [0.15, 0.2) is 42.5 Å². The van der Waals surface area contributed by atoms with E-state index in [1.54, 1.807) is 11.3 Å². The van der Waals surface area contributed by atoms with E-state index in [1.165, 1.54) is 10.4 Å². The van der Waals surface area contributed by atoms with Crippen LogP contribution in [0.2, 0.25) is 4.34 Å². The molecule has 2 nitrogen and oxygen atoms in total. The minimum absolute atomic E-state index is 0.155. The molecule has 1 atom stereocenters. The molecule has 0 radical (unpaired) electrons. The van der Waals surface area contributed by atoms with Crippen molar-refractivity contribution in [2.75, 3.05) is 13.1 Å². The Hall–Kier alpha value is -0.870. The number of piperazine rings is 1. The van der Waals surface area contributed by atoms with Gasteiger partial charge in [-0.25, -0.2) is 0 Å². The van der Waals surface area contributed by atoms with Gasteiger partial charge in [-0.1, -0.05) is 41.9 Å². The second-order valence-corrected chi connectivity index (χ2v) is 8.04. The molecule has 1 fully saturated rings. The molecule has 2 aromatic rings. The van der Waals surface area contributed by atoms with E-state index in [0.717, 1.165) is 24.0 Å². The summed E-state index contributed by atoms with van der Waals surface area (Å²) in [5, 5.41) is 3.68. The van der Waals surface area contributed by atoms with E-state index in [1.807, 2.05) is 6.07 Å². The summed E-state index contributed by atoms with van der Waals surface area (Å²) in [6, 6.07) is 15.2. The van der Waals surface area contributed by atoms with Crippen molar-refractivity contribution < 1.29 is 0 Å². The van der Waals surface area contributed by atoms with Crippen molar-refractivity contribution in [3.63, 3.8) is 0 Å². The zero-order valence-corrected chi connectivity index (χ0v) is 14.0. The Morgan fingerprint density at radius 3 is 2.67 bits per heavy atom. The van der Waals surface area contributed by atoms with Gasteiger partial charge in [-0.05, 0) is 31.5 Å². The fraction of sp³-hybridized carbons (Fsp3) is 0.412. The molecule has 1 aromatic heterocycles. The third-order valence-electron chi connectivity index (χ3n) is 4.22. The molecule has 1 aliphatic rings. The van der Waals surface area contributed by atoms with Crippen LogP contribution in [0.4, 0.5) is 0 Å². The number of rotatable bonds is 3. The average molecular weight is 321 g/mol. The first-order valence-corrected chi connectivity index (χ1v) is 8.52. The Morgan fingerprint density at radius 1 is 1.24 bits per heavy atom. The van der Waals surface area contributed by atoms with Gasteiger partial charge < -0.3 is 5.32 Å². The smallest absolute Gasteiger partial charge is 0.0931 e. The molecule has 1 saturated heterocycles. The van der Waals surface area contributed by atoms with Crippen molar-refractivity contribution in [3.05, 3.63) is 57.2 Å². The number of thiophene rings is 1. The highest BCUT2D eigenvalue weighted by Gasteiger charge is 2.34. The second kappa shape index (κ2) is 6.09. The molecular formula is C17H21ClN2S. The maximum atomic E-state index is 6.06. The summed E-state index contributed by atoms with van der Waals surface area (Å²) in [5.74, 6) is 0.